The Morgan fingerprint density at radius 1 is 1.54 bits per heavy atom. The summed E-state index contributed by atoms with van der Waals surface area (Å²) in [5.74, 6) is 0.580. The molecule has 1 aliphatic heterocycles. The van der Waals surface area contributed by atoms with Crippen molar-refractivity contribution in [2.24, 2.45) is 5.92 Å². The second kappa shape index (κ2) is 7.11. The van der Waals surface area contributed by atoms with E-state index in [1.807, 2.05) is 0 Å². The molecule has 2 atom stereocenters. The third kappa shape index (κ3) is 3.63. The third-order valence-electron chi connectivity index (χ3n) is 4.28. The number of aryl methyl sites for hydroxylation is 1. The average Bonchev–Trinajstić information content (AvgIpc) is 3.06. The average molecular weight is 331 g/mol. The van der Waals surface area contributed by atoms with Crippen LogP contribution < -0.4 is 10.9 Å². The van der Waals surface area contributed by atoms with Crippen LogP contribution >= 0.6 is 0 Å². The Kier molecular flexibility index (Phi) is 4.92. The van der Waals surface area contributed by atoms with Gasteiger partial charge in [-0.15, -0.1) is 0 Å². The van der Waals surface area contributed by atoms with Crippen molar-refractivity contribution in [1.82, 2.24) is 15.3 Å². The highest BCUT2D eigenvalue weighted by Gasteiger charge is 2.22. The van der Waals surface area contributed by atoms with Crippen molar-refractivity contribution in [2.75, 3.05) is 19.8 Å². The summed E-state index contributed by atoms with van der Waals surface area (Å²) in [7, 11) is 0. The molecule has 7 heteroatoms. The van der Waals surface area contributed by atoms with Gasteiger partial charge in [0.25, 0.3) is 11.5 Å². The summed E-state index contributed by atoms with van der Waals surface area (Å²) in [6, 6.07) is 4.47. The Labute approximate surface area is 139 Å². The molecule has 0 saturated carbocycles. The first-order valence-corrected chi connectivity index (χ1v) is 8.07. The number of rotatable bonds is 5. The number of hydrogen-bond acceptors (Lipinski definition) is 5. The lowest BCUT2D eigenvalue weighted by molar-refractivity contribution is 0.0903. The quantitative estimate of drug-likeness (QED) is 0.750. The lowest BCUT2D eigenvalue weighted by Crippen LogP contribution is -2.39. The van der Waals surface area contributed by atoms with Gasteiger partial charge in [-0.1, -0.05) is 0 Å². The number of benzene rings is 1. The number of nitrogens with one attached hydrogen (secondary N) is 2. The Bertz CT molecular complexity index is 796. The summed E-state index contributed by atoms with van der Waals surface area (Å²) < 4.78 is 5.33. The first-order chi connectivity index (χ1) is 11.6. The Balaban J connectivity index is 1.76. The number of fused-ring (bicyclic) bond motifs is 1. The van der Waals surface area contributed by atoms with Crippen LogP contribution in [-0.2, 0) is 4.74 Å². The largest absolute Gasteiger partial charge is 0.394 e. The number of aromatic nitrogens is 2. The summed E-state index contributed by atoms with van der Waals surface area (Å²) in [4.78, 5) is 31.2. The fourth-order valence-corrected chi connectivity index (χ4v) is 3.02. The van der Waals surface area contributed by atoms with Crippen LogP contribution in [0.3, 0.4) is 0 Å². The predicted octanol–water partition coefficient (Wildman–Crippen LogP) is 0.749. The molecule has 1 saturated heterocycles. The van der Waals surface area contributed by atoms with Crippen LogP contribution in [0.15, 0.2) is 23.0 Å². The van der Waals surface area contributed by atoms with Crippen molar-refractivity contribution in [3.8, 4) is 0 Å². The number of H-pyrrole nitrogens is 1. The molecule has 1 aromatic carbocycles. The van der Waals surface area contributed by atoms with E-state index in [4.69, 9.17) is 4.74 Å². The number of carbonyl (C=O) groups is 1. The molecule has 2 unspecified atom stereocenters. The highest BCUT2D eigenvalue weighted by molar-refractivity contribution is 5.97. The summed E-state index contributed by atoms with van der Waals surface area (Å²) in [6.07, 6.45) is 1.64. The Hall–Kier alpha value is -2.25. The Morgan fingerprint density at radius 2 is 2.38 bits per heavy atom. The van der Waals surface area contributed by atoms with Gasteiger partial charge >= 0.3 is 0 Å². The Morgan fingerprint density at radius 3 is 3.08 bits per heavy atom. The van der Waals surface area contributed by atoms with Gasteiger partial charge in [-0.25, -0.2) is 4.98 Å². The van der Waals surface area contributed by atoms with Gasteiger partial charge in [0.1, 0.15) is 5.82 Å². The van der Waals surface area contributed by atoms with E-state index in [0.29, 0.717) is 41.2 Å². The predicted molar refractivity (Wildman–Crippen MR) is 89.0 cm³/mol. The summed E-state index contributed by atoms with van der Waals surface area (Å²) in [6.45, 7) is 2.99. The highest BCUT2D eigenvalue weighted by atomic mass is 16.5. The molecule has 0 aliphatic carbocycles. The number of aliphatic hydroxyl groups excluding tert-OH is 1. The van der Waals surface area contributed by atoms with E-state index in [2.05, 4.69) is 15.3 Å². The fourth-order valence-electron chi connectivity index (χ4n) is 3.02. The molecule has 7 nitrogen and oxygen atoms in total. The van der Waals surface area contributed by atoms with Gasteiger partial charge in [0.2, 0.25) is 0 Å². The monoisotopic (exact) mass is 331 g/mol. The minimum atomic E-state index is -0.311. The van der Waals surface area contributed by atoms with E-state index < -0.39 is 0 Å². The van der Waals surface area contributed by atoms with Gasteiger partial charge < -0.3 is 20.1 Å². The van der Waals surface area contributed by atoms with Gasteiger partial charge in [-0.2, -0.15) is 0 Å². The van der Waals surface area contributed by atoms with Crippen LogP contribution in [0.25, 0.3) is 10.9 Å². The van der Waals surface area contributed by atoms with Crippen LogP contribution in [0.1, 0.15) is 29.0 Å². The maximum absolute atomic E-state index is 12.4. The number of nitrogens with zero attached hydrogens (tertiary/aromatic N) is 1. The van der Waals surface area contributed by atoms with Crippen molar-refractivity contribution < 1.29 is 14.6 Å². The van der Waals surface area contributed by atoms with Crippen LogP contribution in [0.5, 0.6) is 0 Å². The molecular formula is C17H21N3O4. The molecule has 2 aromatic rings. The molecule has 1 aromatic heterocycles. The zero-order chi connectivity index (χ0) is 17.1. The van der Waals surface area contributed by atoms with Gasteiger partial charge in [0.05, 0.1) is 23.6 Å². The fraction of sp³-hybridized carbons (Fsp3) is 0.471. The lowest BCUT2D eigenvalue weighted by Gasteiger charge is -2.19. The second-order valence-corrected chi connectivity index (χ2v) is 6.20. The molecule has 1 aliphatic rings. The molecule has 1 fully saturated rings. The normalized spacial score (nSPS) is 18.7. The summed E-state index contributed by atoms with van der Waals surface area (Å²) in [5, 5.41) is 12.8. The van der Waals surface area contributed by atoms with E-state index >= 15 is 0 Å². The standard InChI is InChI=1S/C17H21N3O4/c1-10-18-15-7-12(2-3-14(15)17(23)19-10)16(22)20-13(8-21)6-11-4-5-24-9-11/h2-3,7,11,13,21H,4-6,8-9H2,1H3,(H,20,22)(H,18,19,23). The number of carbonyl (C=O) groups excluding carboxylic acids is 1. The molecule has 2 heterocycles. The van der Waals surface area contributed by atoms with Crippen LogP contribution in [0, 0.1) is 12.8 Å². The topological polar surface area (TPSA) is 104 Å². The molecule has 3 N–H and O–H groups in total. The molecular weight excluding hydrogens is 310 g/mol. The van der Waals surface area contributed by atoms with Crippen LogP contribution in [-0.4, -0.2) is 46.8 Å². The number of aromatic amines is 1. The molecule has 1 amide bonds. The number of aliphatic hydroxyl groups is 1. The van der Waals surface area contributed by atoms with Crippen molar-refractivity contribution in [3.05, 3.63) is 39.9 Å². The van der Waals surface area contributed by atoms with Crippen molar-refractivity contribution >= 4 is 16.8 Å². The van der Waals surface area contributed by atoms with Crippen LogP contribution in [0.2, 0.25) is 0 Å². The third-order valence-corrected chi connectivity index (χ3v) is 4.28. The minimum Gasteiger partial charge on any atom is -0.394 e. The maximum Gasteiger partial charge on any atom is 0.258 e. The summed E-state index contributed by atoms with van der Waals surface area (Å²) in [5.41, 5.74) is 0.675. The molecule has 3 rings (SSSR count). The second-order valence-electron chi connectivity index (χ2n) is 6.20. The first-order valence-electron chi connectivity index (χ1n) is 8.07. The molecule has 0 radical (unpaired) electrons. The van der Waals surface area contributed by atoms with E-state index in [-0.39, 0.29) is 24.1 Å². The zero-order valence-corrected chi connectivity index (χ0v) is 13.5. The smallest absolute Gasteiger partial charge is 0.258 e. The summed E-state index contributed by atoms with van der Waals surface area (Å²) >= 11 is 0. The molecule has 128 valence electrons. The van der Waals surface area contributed by atoms with Crippen molar-refractivity contribution in [3.63, 3.8) is 0 Å². The number of hydrogen-bond donors (Lipinski definition) is 3. The lowest BCUT2D eigenvalue weighted by atomic mass is 9.99. The zero-order valence-electron chi connectivity index (χ0n) is 13.5. The first kappa shape index (κ1) is 16.6. The van der Waals surface area contributed by atoms with Gasteiger partial charge in [-0.05, 0) is 43.9 Å². The van der Waals surface area contributed by atoms with Gasteiger partial charge in [-0.3, -0.25) is 9.59 Å². The highest BCUT2D eigenvalue weighted by Crippen LogP contribution is 2.18. The van der Waals surface area contributed by atoms with E-state index in [1.165, 1.54) is 0 Å². The van der Waals surface area contributed by atoms with Gasteiger partial charge in [0, 0.05) is 18.8 Å². The van der Waals surface area contributed by atoms with Crippen LogP contribution in [0.4, 0.5) is 0 Å². The van der Waals surface area contributed by atoms with Crippen molar-refractivity contribution in [2.45, 2.75) is 25.8 Å². The van der Waals surface area contributed by atoms with E-state index in [1.54, 1.807) is 25.1 Å². The molecule has 24 heavy (non-hydrogen) atoms. The minimum absolute atomic E-state index is 0.118. The molecule has 0 spiro atoms. The number of amides is 1. The van der Waals surface area contributed by atoms with Crippen molar-refractivity contribution in [1.29, 1.82) is 0 Å². The van der Waals surface area contributed by atoms with E-state index in [0.717, 1.165) is 13.0 Å². The van der Waals surface area contributed by atoms with E-state index in [9.17, 15) is 14.7 Å². The molecule has 0 bridgehead atoms. The number of ether oxygens (including phenoxy) is 1. The maximum atomic E-state index is 12.4. The van der Waals surface area contributed by atoms with Gasteiger partial charge in [0.15, 0.2) is 0 Å². The SMILES string of the molecule is Cc1nc2cc(C(=O)NC(CO)CC3CCOC3)ccc2c(=O)[nH]1.